The summed E-state index contributed by atoms with van der Waals surface area (Å²) in [5, 5.41) is 11.8. The van der Waals surface area contributed by atoms with Gasteiger partial charge in [-0.25, -0.2) is 4.79 Å². The number of carbonyl (C=O) groups excluding carboxylic acids is 2. The van der Waals surface area contributed by atoms with Crippen LogP contribution < -0.4 is 5.32 Å². The largest absolute Gasteiger partial charge is 0.481 e. The van der Waals surface area contributed by atoms with Gasteiger partial charge in [0.2, 0.25) is 5.91 Å². The van der Waals surface area contributed by atoms with Crippen molar-refractivity contribution in [3.05, 3.63) is 59.7 Å². The predicted molar refractivity (Wildman–Crippen MR) is 133 cm³/mol. The molecular weight excluding hydrogens is 444 g/mol. The second-order valence-electron chi connectivity index (χ2n) is 9.80. The number of benzene rings is 2. The molecule has 1 unspecified atom stereocenters. The number of ether oxygens (including phenoxy) is 1. The molecule has 0 saturated heterocycles. The van der Waals surface area contributed by atoms with Crippen LogP contribution in [0, 0.1) is 5.92 Å². The molecule has 0 bridgehead atoms. The Morgan fingerprint density at radius 3 is 2.17 bits per heavy atom. The fraction of sp³-hybridized carbons (Fsp3) is 0.464. The molecular formula is C28H34N2O5. The Hall–Kier alpha value is -3.35. The first-order chi connectivity index (χ1) is 16.8. The number of rotatable bonds is 11. The molecule has 2 aliphatic carbocycles. The van der Waals surface area contributed by atoms with Crippen molar-refractivity contribution < 1.29 is 24.2 Å². The summed E-state index contributed by atoms with van der Waals surface area (Å²) >= 11 is 0. The highest BCUT2D eigenvalue weighted by molar-refractivity contribution is 5.80. The maximum absolute atomic E-state index is 13.0. The van der Waals surface area contributed by atoms with E-state index in [1.807, 2.05) is 38.1 Å². The second-order valence-corrected chi connectivity index (χ2v) is 9.80. The van der Waals surface area contributed by atoms with Crippen LogP contribution in [-0.4, -0.2) is 53.2 Å². The summed E-state index contributed by atoms with van der Waals surface area (Å²) in [6.07, 6.45) is 2.08. The first-order valence-electron chi connectivity index (χ1n) is 12.5. The molecule has 0 heterocycles. The van der Waals surface area contributed by atoms with Gasteiger partial charge in [-0.3, -0.25) is 9.59 Å². The number of carbonyl (C=O) groups is 3. The van der Waals surface area contributed by atoms with Gasteiger partial charge >= 0.3 is 12.1 Å². The van der Waals surface area contributed by atoms with Gasteiger partial charge in [-0.2, -0.15) is 0 Å². The number of fused-ring (bicyclic) bond motifs is 3. The minimum atomic E-state index is -0.867. The highest BCUT2D eigenvalue weighted by Gasteiger charge is 2.36. The van der Waals surface area contributed by atoms with Gasteiger partial charge < -0.3 is 20.1 Å². The number of hydrogen-bond acceptors (Lipinski definition) is 4. The number of amides is 2. The van der Waals surface area contributed by atoms with Gasteiger partial charge in [-0.1, -0.05) is 48.5 Å². The summed E-state index contributed by atoms with van der Waals surface area (Å²) in [4.78, 5) is 38.3. The van der Waals surface area contributed by atoms with Crippen molar-refractivity contribution in [1.82, 2.24) is 10.2 Å². The summed E-state index contributed by atoms with van der Waals surface area (Å²) in [5.74, 6) is -0.678. The number of hydrogen-bond donors (Lipinski definition) is 2. The van der Waals surface area contributed by atoms with Gasteiger partial charge in [0.25, 0.3) is 0 Å². The highest BCUT2D eigenvalue weighted by Crippen LogP contribution is 2.44. The average Bonchev–Trinajstić information content (AvgIpc) is 3.62. The van der Waals surface area contributed by atoms with Crippen LogP contribution in [0.5, 0.6) is 0 Å². The van der Waals surface area contributed by atoms with E-state index in [0.717, 1.165) is 24.0 Å². The summed E-state index contributed by atoms with van der Waals surface area (Å²) in [6.45, 7) is 4.47. The highest BCUT2D eigenvalue weighted by atomic mass is 16.5. The first-order valence-corrected chi connectivity index (χ1v) is 12.5. The molecule has 4 rings (SSSR count). The van der Waals surface area contributed by atoms with Gasteiger partial charge in [-0.05, 0) is 61.3 Å². The van der Waals surface area contributed by atoms with E-state index in [4.69, 9.17) is 9.84 Å². The molecule has 0 aromatic heterocycles. The fourth-order valence-corrected chi connectivity index (χ4v) is 5.00. The smallest absolute Gasteiger partial charge is 0.407 e. The SMILES string of the molecule is CC(C)N(CCCC(=O)O)C(=O)CC(NC(=O)OCC1c2ccccc2-c2ccccc21)C1CC1. The van der Waals surface area contributed by atoms with E-state index in [-0.39, 0.29) is 49.3 Å². The number of nitrogens with zero attached hydrogens (tertiary/aromatic N) is 1. The van der Waals surface area contributed by atoms with Gasteiger partial charge in [0, 0.05) is 37.4 Å². The number of alkyl carbamates (subject to hydrolysis) is 1. The molecule has 1 fully saturated rings. The molecule has 2 N–H and O–H groups in total. The molecule has 0 radical (unpaired) electrons. The number of nitrogens with one attached hydrogen (secondary N) is 1. The van der Waals surface area contributed by atoms with Crippen LogP contribution in [0.25, 0.3) is 11.1 Å². The molecule has 1 saturated carbocycles. The fourth-order valence-electron chi connectivity index (χ4n) is 5.00. The van der Waals surface area contributed by atoms with Crippen molar-refractivity contribution in [3.8, 4) is 11.1 Å². The van der Waals surface area contributed by atoms with Crippen LogP contribution in [0.3, 0.4) is 0 Å². The molecule has 7 heteroatoms. The lowest BCUT2D eigenvalue weighted by molar-refractivity contribution is -0.138. The van der Waals surface area contributed by atoms with Gasteiger partial charge in [0.1, 0.15) is 6.61 Å². The second kappa shape index (κ2) is 10.9. The minimum absolute atomic E-state index is 0.0141. The topological polar surface area (TPSA) is 95.9 Å². The molecule has 0 spiro atoms. The summed E-state index contributed by atoms with van der Waals surface area (Å²) < 4.78 is 5.69. The molecule has 186 valence electrons. The monoisotopic (exact) mass is 478 g/mol. The quantitative estimate of drug-likeness (QED) is 0.484. The molecule has 35 heavy (non-hydrogen) atoms. The maximum Gasteiger partial charge on any atom is 0.407 e. The molecule has 2 aromatic carbocycles. The Labute approximate surface area is 206 Å². The number of carboxylic acids is 1. The van der Waals surface area contributed by atoms with Gasteiger partial charge in [0.05, 0.1) is 0 Å². The third-order valence-electron chi connectivity index (χ3n) is 6.97. The van der Waals surface area contributed by atoms with E-state index in [1.165, 1.54) is 11.1 Å². The van der Waals surface area contributed by atoms with E-state index in [1.54, 1.807) is 4.90 Å². The number of aliphatic carboxylic acids is 1. The number of carboxylic acid groups (broad SMARTS) is 1. The summed E-state index contributed by atoms with van der Waals surface area (Å²) in [5.41, 5.74) is 4.67. The van der Waals surface area contributed by atoms with Crippen molar-refractivity contribution in [2.24, 2.45) is 5.92 Å². The van der Waals surface area contributed by atoms with Crippen molar-refractivity contribution in [1.29, 1.82) is 0 Å². The molecule has 2 aromatic rings. The molecule has 1 atom stereocenters. The van der Waals surface area contributed by atoms with Crippen molar-refractivity contribution in [3.63, 3.8) is 0 Å². The normalized spacial score (nSPS) is 15.3. The standard InChI is InChI=1S/C28H34N2O5/c1-18(2)30(15-7-12-27(32)33)26(31)16-25(19-13-14-19)29-28(34)35-17-24-22-10-5-3-8-20(22)21-9-4-6-11-23(21)24/h3-6,8-11,18-19,24-25H,7,12-17H2,1-2H3,(H,29,34)(H,32,33). The first kappa shape index (κ1) is 24.8. The molecule has 2 aliphatic rings. The van der Waals surface area contributed by atoms with Crippen molar-refractivity contribution in [2.45, 2.75) is 64.0 Å². The van der Waals surface area contributed by atoms with E-state index >= 15 is 0 Å². The Morgan fingerprint density at radius 1 is 1.03 bits per heavy atom. The van der Waals surface area contributed by atoms with E-state index in [9.17, 15) is 14.4 Å². The zero-order chi connectivity index (χ0) is 24.9. The van der Waals surface area contributed by atoms with E-state index < -0.39 is 12.1 Å². The van der Waals surface area contributed by atoms with Gasteiger partial charge in [-0.15, -0.1) is 0 Å². The van der Waals surface area contributed by atoms with Crippen molar-refractivity contribution >= 4 is 18.0 Å². The maximum atomic E-state index is 13.0. The predicted octanol–water partition coefficient (Wildman–Crippen LogP) is 4.80. The van der Waals surface area contributed by atoms with Crippen LogP contribution in [0.4, 0.5) is 4.79 Å². The Morgan fingerprint density at radius 2 is 1.63 bits per heavy atom. The molecule has 2 amide bonds. The van der Waals surface area contributed by atoms with Crippen LogP contribution in [0.1, 0.15) is 63.0 Å². The van der Waals surface area contributed by atoms with Crippen LogP contribution in [-0.2, 0) is 14.3 Å². The summed E-state index contributed by atoms with van der Waals surface area (Å²) in [7, 11) is 0. The lowest BCUT2D eigenvalue weighted by Gasteiger charge is -2.29. The van der Waals surface area contributed by atoms with Crippen LogP contribution in [0.15, 0.2) is 48.5 Å². The van der Waals surface area contributed by atoms with Crippen LogP contribution in [0.2, 0.25) is 0 Å². The average molecular weight is 479 g/mol. The van der Waals surface area contributed by atoms with E-state index in [2.05, 4.69) is 29.6 Å². The zero-order valence-corrected chi connectivity index (χ0v) is 20.4. The zero-order valence-electron chi connectivity index (χ0n) is 20.4. The molecule has 7 nitrogen and oxygen atoms in total. The lowest BCUT2D eigenvalue weighted by Crippen LogP contribution is -2.44. The Bertz CT molecular complexity index is 1030. The lowest BCUT2D eigenvalue weighted by atomic mass is 9.98. The molecule has 0 aliphatic heterocycles. The summed E-state index contributed by atoms with van der Waals surface area (Å²) in [6, 6.07) is 16.1. The van der Waals surface area contributed by atoms with E-state index in [0.29, 0.717) is 13.0 Å². The van der Waals surface area contributed by atoms with Crippen molar-refractivity contribution in [2.75, 3.05) is 13.2 Å². The minimum Gasteiger partial charge on any atom is -0.481 e. The van der Waals surface area contributed by atoms with Crippen LogP contribution >= 0.6 is 0 Å². The third-order valence-corrected chi connectivity index (χ3v) is 6.97. The Kier molecular flexibility index (Phi) is 7.73. The Balaban J connectivity index is 1.35. The van der Waals surface area contributed by atoms with Gasteiger partial charge in [0.15, 0.2) is 0 Å². The third kappa shape index (κ3) is 6.02.